The Labute approximate surface area is 354 Å². The van der Waals surface area contributed by atoms with Crippen LogP contribution in [0.15, 0.2) is 24.3 Å². The summed E-state index contributed by atoms with van der Waals surface area (Å²) in [5, 5.41) is 23.0. The number of carbonyl (C=O) groups is 2. The van der Waals surface area contributed by atoms with E-state index in [9.17, 15) is 19.8 Å². The van der Waals surface area contributed by atoms with Crippen LogP contribution in [-0.2, 0) is 14.3 Å². The number of aliphatic hydroxyl groups excluding tert-OH is 2. The zero-order valence-electron chi connectivity index (χ0n) is 38.1. The lowest BCUT2D eigenvalue weighted by Gasteiger charge is -2.20. The fourth-order valence-electron chi connectivity index (χ4n) is 7.57. The van der Waals surface area contributed by atoms with Gasteiger partial charge >= 0.3 is 5.97 Å². The Kier molecular flexibility index (Phi) is 45.7. The van der Waals surface area contributed by atoms with Crippen molar-refractivity contribution in [2.75, 3.05) is 13.2 Å². The van der Waals surface area contributed by atoms with Crippen molar-refractivity contribution in [1.29, 1.82) is 0 Å². The number of esters is 1. The van der Waals surface area contributed by atoms with E-state index in [0.717, 1.165) is 83.5 Å². The molecule has 1 amide bonds. The summed E-state index contributed by atoms with van der Waals surface area (Å²) in [4.78, 5) is 24.4. The molecule has 0 heterocycles. The summed E-state index contributed by atoms with van der Waals surface area (Å²) in [6.45, 7) is 4.82. The molecule has 0 bridgehead atoms. The van der Waals surface area contributed by atoms with Crippen molar-refractivity contribution >= 4 is 11.9 Å². The fourth-order valence-corrected chi connectivity index (χ4v) is 7.57. The van der Waals surface area contributed by atoms with E-state index in [-0.39, 0.29) is 18.5 Å². The Balaban J connectivity index is 3.53. The third-order valence-corrected chi connectivity index (χ3v) is 11.5. The van der Waals surface area contributed by atoms with Gasteiger partial charge in [0.05, 0.1) is 25.4 Å². The van der Waals surface area contributed by atoms with Crippen molar-refractivity contribution in [2.24, 2.45) is 0 Å². The zero-order valence-corrected chi connectivity index (χ0v) is 38.1. The summed E-state index contributed by atoms with van der Waals surface area (Å²) in [5.41, 5.74) is 0. The lowest BCUT2D eigenvalue weighted by atomic mass is 10.0. The molecule has 0 aromatic carbocycles. The number of hydrogen-bond acceptors (Lipinski definition) is 5. The van der Waals surface area contributed by atoms with E-state index >= 15 is 0 Å². The minimum absolute atomic E-state index is 0.0301. The van der Waals surface area contributed by atoms with Gasteiger partial charge in [0, 0.05) is 12.8 Å². The molecule has 336 valence electrons. The molecular formula is C51H97NO5. The van der Waals surface area contributed by atoms with Crippen LogP contribution in [0.3, 0.4) is 0 Å². The number of nitrogens with one attached hydrogen (secondary N) is 1. The normalized spacial score (nSPS) is 12.8. The first-order valence-electron chi connectivity index (χ1n) is 25.1. The molecule has 2 unspecified atom stereocenters. The fraction of sp³-hybridized carbons (Fsp3) is 0.882. The van der Waals surface area contributed by atoms with E-state index in [1.807, 2.05) is 6.08 Å². The molecule has 57 heavy (non-hydrogen) atoms. The van der Waals surface area contributed by atoms with Gasteiger partial charge in [0.1, 0.15) is 0 Å². The maximum atomic E-state index is 12.4. The lowest BCUT2D eigenvalue weighted by Crippen LogP contribution is -2.45. The van der Waals surface area contributed by atoms with Crippen molar-refractivity contribution in [2.45, 2.75) is 276 Å². The number of aliphatic hydroxyl groups is 2. The minimum Gasteiger partial charge on any atom is -0.466 e. The van der Waals surface area contributed by atoms with Crippen LogP contribution in [0.25, 0.3) is 0 Å². The summed E-state index contributed by atoms with van der Waals surface area (Å²) < 4.78 is 5.44. The molecule has 0 aromatic heterocycles. The molecule has 0 saturated heterocycles. The SMILES string of the molecule is CCCCCCCCCCCCC/C=C/C(O)C(CO)NC(=O)CCCCCCC/C=C\CCCCOC(=O)CCCCCCCCCCCCCCCCCC. The molecular weight excluding hydrogens is 707 g/mol. The van der Waals surface area contributed by atoms with Crippen molar-refractivity contribution in [1.82, 2.24) is 5.32 Å². The lowest BCUT2D eigenvalue weighted by molar-refractivity contribution is -0.143. The van der Waals surface area contributed by atoms with Gasteiger partial charge < -0.3 is 20.3 Å². The monoisotopic (exact) mass is 804 g/mol. The van der Waals surface area contributed by atoms with Gasteiger partial charge in [0.15, 0.2) is 0 Å². The van der Waals surface area contributed by atoms with Gasteiger partial charge in [-0.2, -0.15) is 0 Å². The van der Waals surface area contributed by atoms with Gasteiger partial charge in [0.25, 0.3) is 0 Å². The number of carbonyl (C=O) groups excluding carboxylic acids is 2. The van der Waals surface area contributed by atoms with Crippen LogP contribution in [0, 0.1) is 0 Å². The molecule has 0 aliphatic heterocycles. The van der Waals surface area contributed by atoms with Crippen LogP contribution in [0.5, 0.6) is 0 Å². The molecule has 0 aromatic rings. The van der Waals surface area contributed by atoms with Crippen LogP contribution in [0.4, 0.5) is 0 Å². The predicted molar refractivity (Wildman–Crippen MR) is 246 cm³/mol. The first kappa shape index (κ1) is 55.3. The maximum absolute atomic E-state index is 12.4. The highest BCUT2D eigenvalue weighted by Gasteiger charge is 2.18. The van der Waals surface area contributed by atoms with Crippen LogP contribution in [0.2, 0.25) is 0 Å². The first-order chi connectivity index (χ1) is 28.0. The Morgan fingerprint density at radius 3 is 1.25 bits per heavy atom. The average molecular weight is 804 g/mol. The average Bonchev–Trinajstić information content (AvgIpc) is 3.21. The standard InChI is InChI=1S/C51H97NO5/c1-3-5-7-9-11-13-15-17-18-19-21-25-29-33-37-41-45-51(56)57-46-42-38-34-30-26-22-24-28-32-36-40-44-50(55)52-48(47-53)49(54)43-39-35-31-27-23-20-16-14-12-10-8-6-4-2/h26,30,39,43,48-49,53-54H,3-25,27-29,31-38,40-42,44-47H2,1-2H3,(H,52,55)/b30-26-,43-39+. The second-order valence-electron chi connectivity index (χ2n) is 17.1. The maximum Gasteiger partial charge on any atom is 0.305 e. The Bertz CT molecular complexity index is 889. The molecule has 0 aliphatic carbocycles. The van der Waals surface area contributed by atoms with E-state index in [0.29, 0.717) is 19.4 Å². The molecule has 0 fully saturated rings. The van der Waals surface area contributed by atoms with Crippen LogP contribution < -0.4 is 5.32 Å². The van der Waals surface area contributed by atoms with Crippen molar-refractivity contribution in [3.63, 3.8) is 0 Å². The van der Waals surface area contributed by atoms with Gasteiger partial charge in [-0.3, -0.25) is 9.59 Å². The molecule has 6 heteroatoms. The number of amides is 1. The van der Waals surface area contributed by atoms with Crippen LogP contribution in [-0.4, -0.2) is 47.4 Å². The molecule has 3 N–H and O–H groups in total. The molecule has 0 spiro atoms. The number of ether oxygens (including phenoxy) is 1. The van der Waals surface area contributed by atoms with Crippen molar-refractivity contribution < 1.29 is 24.5 Å². The molecule has 0 aliphatic rings. The molecule has 6 nitrogen and oxygen atoms in total. The molecule has 0 rings (SSSR count). The van der Waals surface area contributed by atoms with E-state index in [1.54, 1.807) is 6.08 Å². The minimum atomic E-state index is -0.861. The van der Waals surface area contributed by atoms with Crippen molar-refractivity contribution in [3.05, 3.63) is 24.3 Å². The summed E-state index contributed by atoms with van der Waals surface area (Å²) >= 11 is 0. The summed E-state index contributed by atoms with van der Waals surface area (Å²) in [6.07, 6.45) is 54.6. The highest BCUT2D eigenvalue weighted by molar-refractivity contribution is 5.76. The number of allylic oxidation sites excluding steroid dienone is 3. The van der Waals surface area contributed by atoms with E-state index < -0.39 is 12.1 Å². The van der Waals surface area contributed by atoms with E-state index in [2.05, 4.69) is 31.3 Å². The van der Waals surface area contributed by atoms with Gasteiger partial charge in [-0.05, 0) is 57.8 Å². The second-order valence-corrected chi connectivity index (χ2v) is 17.1. The second kappa shape index (κ2) is 47.0. The third-order valence-electron chi connectivity index (χ3n) is 11.5. The predicted octanol–water partition coefficient (Wildman–Crippen LogP) is 14.7. The molecule has 0 saturated carbocycles. The quantitative estimate of drug-likeness (QED) is 0.0324. The highest BCUT2D eigenvalue weighted by Crippen LogP contribution is 2.16. The summed E-state index contributed by atoms with van der Waals surface area (Å²) in [6, 6.07) is -0.647. The van der Waals surface area contributed by atoms with Gasteiger partial charge in [-0.1, -0.05) is 218 Å². The van der Waals surface area contributed by atoms with Crippen LogP contribution >= 0.6 is 0 Å². The van der Waals surface area contributed by atoms with Crippen molar-refractivity contribution in [3.8, 4) is 0 Å². The zero-order chi connectivity index (χ0) is 41.5. The highest BCUT2D eigenvalue weighted by atomic mass is 16.5. The smallest absolute Gasteiger partial charge is 0.305 e. The Hall–Kier alpha value is -1.66. The first-order valence-corrected chi connectivity index (χ1v) is 25.1. The van der Waals surface area contributed by atoms with Gasteiger partial charge in [0.2, 0.25) is 5.91 Å². The summed E-state index contributed by atoms with van der Waals surface area (Å²) in [5.74, 6) is -0.127. The van der Waals surface area contributed by atoms with Gasteiger partial charge in [-0.25, -0.2) is 0 Å². The number of unbranched alkanes of at least 4 members (excludes halogenated alkanes) is 33. The topological polar surface area (TPSA) is 95.9 Å². The molecule has 2 atom stereocenters. The van der Waals surface area contributed by atoms with E-state index in [4.69, 9.17) is 4.74 Å². The number of hydrogen-bond donors (Lipinski definition) is 3. The molecule has 0 radical (unpaired) electrons. The third kappa shape index (κ3) is 43.7. The Morgan fingerprint density at radius 1 is 0.474 bits per heavy atom. The van der Waals surface area contributed by atoms with Crippen LogP contribution in [0.1, 0.15) is 264 Å². The van der Waals surface area contributed by atoms with Gasteiger partial charge in [-0.15, -0.1) is 0 Å². The number of rotatable bonds is 46. The Morgan fingerprint density at radius 2 is 0.825 bits per heavy atom. The summed E-state index contributed by atoms with van der Waals surface area (Å²) in [7, 11) is 0. The largest absolute Gasteiger partial charge is 0.466 e. The van der Waals surface area contributed by atoms with E-state index in [1.165, 1.54) is 154 Å².